The molecule has 0 spiro atoms. The summed E-state index contributed by atoms with van der Waals surface area (Å²) in [5, 5.41) is 3.58. The Balaban J connectivity index is 2.10. The minimum absolute atomic E-state index is 0.0361. The van der Waals surface area contributed by atoms with Gasteiger partial charge in [0, 0.05) is 16.5 Å². The molecule has 138 valence electrons. The molecule has 0 fully saturated rings. The highest BCUT2D eigenvalue weighted by molar-refractivity contribution is 6.37. The Hall–Kier alpha value is -1.62. The predicted molar refractivity (Wildman–Crippen MR) is 102 cm³/mol. The highest BCUT2D eigenvalue weighted by Crippen LogP contribution is 2.29. The molecular formula is C19H17Cl3FNO2. The number of Topliss-reactive ketones (excluding diaryl/α,β-unsaturated/α-hetero) is 1. The van der Waals surface area contributed by atoms with Crippen LogP contribution in [-0.2, 0) is 16.0 Å². The summed E-state index contributed by atoms with van der Waals surface area (Å²) in [6.07, 6.45) is 1.17. The van der Waals surface area contributed by atoms with Gasteiger partial charge in [-0.05, 0) is 41.8 Å². The van der Waals surface area contributed by atoms with E-state index in [1.165, 1.54) is 12.1 Å². The zero-order chi connectivity index (χ0) is 19.3. The molecule has 3 nitrogen and oxygen atoms in total. The molecule has 26 heavy (non-hydrogen) atoms. The van der Waals surface area contributed by atoms with E-state index in [0.717, 1.165) is 12.5 Å². The van der Waals surface area contributed by atoms with Gasteiger partial charge in [-0.25, -0.2) is 4.39 Å². The fourth-order valence-electron chi connectivity index (χ4n) is 2.53. The summed E-state index contributed by atoms with van der Waals surface area (Å²) in [6, 6.07) is 8.59. The van der Waals surface area contributed by atoms with Crippen LogP contribution in [0, 0.1) is 5.82 Å². The van der Waals surface area contributed by atoms with E-state index in [1.807, 2.05) is 6.92 Å². The Morgan fingerprint density at radius 3 is 2.42 bits per heavy atom. The average Bonchev–Trinajstić information content (AvgIpc) is 2.58. The van der Waals surface area contributed by atoms with Crippen molar-refractivity contribution < 1.29 is 14.0 Å². The summed E-state index contributed by atoms with van der Waals surface area (Å²) in [4.78, 5) is 24.5. The van der Waals surface area contributed by atoms with Crippen LogP contribution in [0.2, 0.25) is 15.1 Å². The van der Waals surface area contributed by atoms with Crippen molar-refractivity contribution in [2.24, 2.45) is 0 Å². The third-order valence-electron chi connectivity index (χ3n) is 3.82. The number of hydrogen-bond donors (Lipinski definition) is 1. The van der Waals surface area contributed by atoms with Crippen LogP contribution in [0.25, 0.3) is 0 Å². The van der Waals surface area contributed by atoms with Gasteiger partial charge in [0.25, 0.3) is 5.91 Å². The smallest absolute Gasteiger partial charge is 0.288 e. The molecule has 2 aromatic rings. The second kappa shape index (κ2) is 9.36. The molecule has 2 rings (SSSR count). The van der Waals surface area contributed by atoms with E-state index in [1.54, 1.807) is 18.2 Å². The Morgan fingerprint density at radius 2 is 1.81 bits per heavy atom. The Kier molecular flexibility index (Phi) is 7.44. The summed E-state index contributed by atoms with van der Waals surface area (Å²) in [5.74, 6) is -2.04. The molecule has 0 bridgehead atoms. The van der Waals surface area contributed by atoms with Gasteiger partial charge in [0.1, 0.15) is 5.82 Å². The molecule has 1 unspecified atom stereocenters. The average molecular weight is 417 g/mol. The largest absolute Gasteiger partial charge is 0.343 e. The molecule has 1 N–H and O–H groups in total. The molecule has 0 heterocycles. The number of amides is 1. The second-order valence-electron chi connectivity index (χ2n) is 5.83. The van der Waals surface area contributed by atoms with Crippen molar-refractivity contribution in [2.75, 3.05) is 0 Å². The molecule has 0 aromatic heterocycles. The molecule has 1 atom stereocenters. The highest BCUT2D eigenvalue weighted by Gasteiger charge is 2.21. The first-order valence-corrected chi connectivity index (χ1v) is 9.17. The lowest BCUT2D eigenvalue weighted by atomic mass is 10.0. The van der Waals surface area contributed by atoms with Gasteiger partial charge in [-0.2, -0.15) is 0 Å². The molecule has 0 aliphatic heterocycles. The first-order chi connectivity index (χ1) is 12.3. The number of hydrogen-bond acceptors (Lipinski definition) is 2. The Labute approximate surface area is 166 Å². The van der Waals surface area contributed by atoms with Gasteiger partial charge in [0.2, 0.25) is 5.78 Å². The lowest BCUT2D eigenvalue weighted by Gasteiger charge is -2.19. The van der Waals surface area contributed by atoms with E-state index in [4.69, 9.17) is 34.8 Å². The van der Waals surface area contributed by atoms with E-state index in [-0.39, 0.29) is 11.4 Å². The quantitative estimate of drug-likeness (QED) is 0.601. The van der Waals surface area contributed by atoms with Crippen molar-refractivity contribution in [3.63, 3.8) is 0 Å². The second-order valence-corrected chi connectivity index (χ2v) is 7.08. The topological polar surface area (TPSA) is 46.2 Å². The Bertz CT molecular complexity index is 826. The zero-order valence-corrected chi connectivity index (χ0v) is 16.3. The fraction of sp³-hybridized carbons (Fsp3) is 0.263. The summed E-state index contributed by atoms with van der Waals surface area (Å²) in [6.45, 7) is 1.96. The van der Waals surface area contributed by atoms with Crippen molar-refractivity contribution >= 4 is 46.5 Å². The maximum Gasteiger partial charge on any atom is 0.288 e. The maximum atomic E-state index is 13.5. The van der Waals surface area contributed by atoms with Crippen LogP contribution in [0.1, 0.15) is 36.9 Å². The molecule has 0 saturated heterocycles. The van der Waals surface area contributed by atoms with Gasteiger partial charge in [0.15, 0.2) is 0 Å². The first-order valence-electron chi connectivity index (χ1n) is 8.04. The van der Waals surface area contributed by atoms with Crippen LogP contribution >= 0.6 is 34.8 Å². The maximum absolute atomic E-state index is 13.5. The molecule has 0 saturated carbocycles. The van der Waals surface area contributed by atoms with Gasteiger partial charge >= 0.3 is 0 Å². The van der Waals surface area contributed by atoms with Crippen LogP contribution in [0.4, 0.5) is 4.39 Å². The van der Waals surface area contributed by atoms with E-state index < -0.39 is 23.5 Å². The van der Waals surface area contributed by atoms with Gasteiger partial charge < -0.3 is 5.32 Å². The molecule has 0 aliphatic carbocycles. The van der Waals surface area contributed by atoms with Crippen LogP contribution in [-0.4, -0.2) is 11.7 Å². The number of benzene rings is 2. The fourth-order valence-corrected chi connectivity index (χ4v) is 3.19. The van der Waals surface area contributed by atoms with Gasteiger partial charge in [0.05, 0.1) is 11.1 Å². The highest BCUT2D eigenvalue weighted by atomic mass is 35.5. The number of carbonyl (C=O) groups is 2. The number of halogens is 4. The van der Waals surface area contributed by atoms with Crippen LogP contribution < -0.4 is 5.32 Å². The standard InChI is InChI=1S/C19H17Cl3FNO2/c1-2-3-17(13-6-5-12(20)10-15(13)22)24-19(26)18(25)9-11-4-7-14(21)16(23)8-11/h4-8,10,17H,2-3,9H2,1H3,(H,24,26). The Morgan fingerprint density at radius 1 is 1.08 bits per heavy atom. The molecular weight excluding hydrogens is 400 g/mol. The van der Waals surface area contributed by atoms with Gasteiger partial charge in [-0.3, -0.25) is 9.59 Å². The summed E-state index contributed by atoms with van der Waals surface area (Å²) in [7, 11) is 0. The minimum atomic E-state index is -0.746. The number of carbonyl (C=O) groups excluding carboxylic acids is 2. The third kappa shape index (κ3) is 5.44. The van der Waals surface area contributed by atoms with Crippen LogP contribution in [0.3, 0.4) is 0 Å². The number of rotatable bonds is 7. The van der Waals surface area contributed by atoms with Crippen molar-refractivity contribution in [3.05, 3.63) is 68.4 Å². The lowest BCUT2D eigenvalue weighted by molar-refractivity contribution is -0.138. The molecule has 7 heteroatoms. The van der Waals surface area contributed by atoms with Crippen molar-refractivity contribution in [2.45, 2.75) is 32.2 Å². The molecule has 0 aliphatic rings. The SMILES string of the molecule is CCCC(NC(=O)C(=O)Cc1ccc(Cl)c(F)c1)c1ccc(Cl)cc1Cl. The minimum Gasteiger partial charge on any atom is -0.343 e. The normalized spacial score (nSPS) is 11.9. The van der Waals surface area contributed by atoms with Crippen molar-refractivity contribution in [1.29, 1.82) is 0 Å². The van der Waals surface area contributed by atoms with E-state index >= 15 is 0 Å². The number of nitrogens with one attached hydrogen (secondary N) is 1. The predicted octanol–water partition coefficient (Wildman–Crippen LogP) is 5.56. The number of ketones is 1. The van der Waals surface area contributed by atoms with Gasteiger partial charge in [-0.1, -0.05) is 60.3 Å². The van der Waals surface area contributed by atoms with E-state index in [9.17, 15) is 14.0 Å². The van der Waals surface area contributed by atoms with E-state index in [0.29, 0.717) is 27.6 Å². The monoisotopic (exact) mass is 415 g/mol. The summed E-state index contributed by atoms with van der Waals surface area (Å²) < 4.78 is 13.5. The lowest BCUT2D eigenvalue weighted by Crippen LogP contribution is -2.35. The summed E-state index contributed by atoms with van der Waals surface area (Å²) >= 11 is 17.7. The molecule has 2 aromatic carbocycles. The van der Waals surface area contributed by atoms with Crippen LogP contribution in [0.15, 0.2) is 36.4 Å². The molecule has 0 radical (unpaired) electrons. The zero-order valence-electron chi connectivity index (χ0n) is 14.0. The van der Waals surface area contributed by atoms with Gasteiger partial charge in [-0.15, -0.1) is 0 Å². The van der Waals surface area contributed by atoms with E-state index in [2.05, 4.69) is 5.32 Å². The van der Waals surface area contributed by atoms with Crippen molar-refractivity contribution in [1.82, 2.24) is 5.32 Å². The van der Waals surface area contributed by atoms with Crippen molar-refractivity contribution in [3.8, 4) is 0 Å². The van der Waals surface area contributed by atoms with Crippen LogP contribution in [0.5, 0.6) is 0 Å². The molecule has 1 amide bonds. The third-order valence-corrected chi connectivity index (χ3v) is 4.69. The first kappa shape index (κ1) is 20.7. The summed E-state index contributed by atoms with van der Waals surface area (Å²) in [5.41, 5.74) is 1.07.